The van der Waals surface area contributed by atoms with Crippen molar-refractivity contribution >= 4 is 29.0 Å². The highest BCUT2D eigenvalue weighted by atomic mass is 35.5. The number of benzene rings is 3. The summed E-state index contributed by atoms with van der Waals surface area (Å²) in [4.78, 5) is 5.09. The number of methoxy groups -OCH3 is 2. The molecule has 2 atom stereocenters. The van der Waals surface area contributed by atoms with Gasteiger partial charge in [0.1, 0.15) is 11.9 Å². The predicted octanol–water partition coefficient (Wildman–Crippen LogP) is 6.12. The van der Waals surface area contributed by atoms with Gasteiger partial charge in [-0.2, -0.15) is 0 Å². The minimum absolute atomic E-state index is 0.0228. The smallest absolute Gasteiger partial charge is 0.129 e. The van der Waals surface area contributed by atoms with Crippen LogP contribution in [0, 0.1) is 0 Å². The number of nitrogens with zero attached hydrogens (tertiary/aromatic N) is 1. The van der Waals surface area contributed by atoms with Gasteiger partial charge in [0.2, 0.25) is 0 Å². The third-order valence-corrected chi connectivity index (χ3v) is 5.77. The van der Waals surface area contributed by atoms with Crippen LogP contribution in [0.15, 0.2) is 71.7 Å². The molecule has 0 amide bonds. The highest BCUT2D eigenvalue weighted by Crippen LogP contribution is 2.38. The summed E-state index contributed by atoms with van der Waals surface area (Å²) < 4.78 is 10.7. The van der Waals surface area contributed by atoms with Gasteiger partial charge in [-0.05, 0) is 58.7 Å². The van der Waals surface area contributed by atoms with Gasteiger partial charge in [0.25, 0.3) is 0 Å². The lowest BCUT2D eigenvalue weighted by molar-refractivity contribution is 0.180. The first-order valence-electron chi connectivity index (χ1n) is 10.0. The van der Waals surface area contributed by atoms with E-state index in [9.17, 15) is 0 Å². The average Bonchev–Trinajstić information content (AvgIpc) is 3.21. The van der Waals surface area contributed by atoms with Gasteiger partial charge in [-0.3, -0.25) is 4.99 Å². The van der Waals surface area contributed by atoms with Crippen molar-refractivity contribution < 1.29 is 9.47 Å². The molecule has 1 heterocycles. The molecule has 0 fully saturated rings. The standard InChI is InChI=1S/C25H24Cl2N2O2/c1-30-14-16-11-17(15-31-2)13-20(12-16)25-28-23(18-3-7-21(26)8-4-18)24(29-25)19-5-9-22(27)10-6-19/h3-13,23-24H,14-15H2,1-2H3,(H,28,29). The number of rotatable bonds is 7. The van der Waals surface area contributed by atoms with Gasteiger partial charge < -0.3 is 14.8 Å². The zero-order chi connectivity index (χ0) is 21.8. The van der Waals surface area contributed by atoms with Crippen molar-refractivity contribution in [2.24, 2.45) is 4.99 Å². The van der Waals surface area contributed by atoms with Crippen molar-refractivity contribution in [3.63, 3.8) is 0 Å². The molecule has 0 bridgehead atoms. The molecule has 1 aliphatic heterocycles. The van der Waals surface area contributed by atoms with Crippen LogP contribution in [0.4, 0.5) is 0 Å². The fourth-order valence-corrected chi connectivity index (χ4v) is 4.15. The monoisotopic (exact) mass is 454 g/mol. The van der Waals surface area contributed by atoms with Gasteiger partial charge in [-0.25, -0.2) is 0 Å². The fourth-order valence-electron chi connectivity index (χ4n) is 3.90. The number of nitrogens with one attached hydrogen (secondary N) is 1. The molecule has 0 radical (unpaired) electrons. The van der Waals surface area contributed by atoms with Crippen LogP contribution in [0.25, 0.3) is 0 Å². The Morgan fingerprint density at radius 3 is 1.81 bits per heavy atom. The molecule has 160 valence electrons. The second-order valence-electron chi connectivity index (χ2n) is 7.55. The lowest BCUT2D eigenvalue weighted by atomic mass is 9.95. The van der Waals surface area contributed by atoms with Gasteiger partial charge in [-0.15, -0.1) is 0 Å². The van der Waals surface area contributed by atoms with Crippen LogP contribution in [-0.2, 0) is 22.7 Å². The molecule has 3 aromatic carbocycles. The topological polar surface area (TPSA) is 42.9 Å². The minimum atomic E-state index is -0.0922. The molecule has 3 aromatic rings. The zero-order valence-corrected chi connectivity index (χ0v) is 19.0. The number of ether oxygens (including phenoxy) is 2. The maximum atomic E-state index is 6.12. The summed E-state index contributed by atoms with van der Waals surface area (Å²) in [7, 11) is 3.39. The largest absolute Gasteiger partial charge is 0.380 e. The van der Waals surface area contributed by atoms with Crippen LogP contribution in [0.3, 0.4) is 0 Å². The van der Waals surface area contributed by atoms with Crippen LogP contribution >= 0.6 is 23.2 Å². The van der Waals surface area contributed by atoms with Crippen molar-refractivity contribution in [1.29, 1.82) is 0 Å². The van der Waals surface area contributed by atoms with E-state index in [1.165, 1.54) is 0 Å². The second kappa shape index (κ2) is 9.84. The lowest BCUT2D eigenvalue weighted by Gasteiger charge is -2.20. The molecule has 0 spiro atoms. The summed E-state index contributed by atoms with van der Waals surface area (Å²) in [5, 5.41) is 5.05. The highest BCUT2D eigenvalue weighted by Gasteiger charge is 2.32. The number of hydrogen-bond acceptors (Lipinski definition) is 4. The second-order valence-corrected chi connectivity index (χ2v) is 8.42. The Labute approximate surface area is 192 Å². The molecule has 31 heavy (non-hydrogen) atoms. The Kier molecular flexibility index (Phi) is 6.93. The Bertz CT molecular complexity index is 1040. The molecule has 6 heteroatoms. The maximum Gasteiger partial charge on any atom is 0.129 e. The maximum absolute atomic E-state index is 6.12. The summed E-state index contributed by atoms with van der Waals surface area (Å²) in [5.74, 6) is 0.843. The predicted molar refractivity (Wildman–Crippen MR) is 126 cm³/mol. The summed E-state index contributed by atoms with van der Waals surface area (Å²) in [6.45, 7) is 1.05. The fraction of sp³-hybridized carbons (Fsp3) is 0.240. The minimum Gasteiger partial charge on any atom is -0.380 e. The van der Waals surface area contributed by atoms with Crippen LogP contribution < -0.4 is 5.32 Å². The van der Waals surface area contributed by atoms with E-state index in [0.717, 1.165) is 33.7 Å². The molecule has 0 aliphatic carbocycles. The number of halogens is 2. The quantitative estimate of drug-likeness (QED) is 0.467. The summed E-state index contributed by atoms with van der Waals surface area (Å²) in [6.07, 6.45) is 0. The Morgan fingerprint density at radius 1 is 0.774 bits per heavy atom. The van der Waals surface area contributed by atoms with Crippen LogP contribution in [0.1, 0.15) is 39.9 Å². The van der Waals surface area contributed by atoms with Gasteiger partial charge in [0, 0.05) is 29.8 Å². The Morgan fingerprint density at radius 2 is 1.29 bits per heavy atom. The molecule has 0 saturated heterocycles. The van der Waals surface area contributed by atoms with E-state index in [1.807, 2.05) is 48.5 Å². The van der Waals surface area contributed by atoms with E-state index in [4.69, 9.17) is 37.7 Å². The number of amidine groups is 1. The first kappa shape index (κ1) is 21.8. The van der Waals surface area contributed by atoms with E-state index in [1.54, 1.807) is 14.2 Å². The van der Waals surface area contributed by atoms with Gasteiger partial charge in [0.15, 0.2) is 0 Å². The van der Waals surface area contributed by atoms with E-state index in [-0.39, 0.29) is 12.1 Å². The third kappa shape index (κ3) is 5.10. The molecule has 1 N–H and O–H groups in total. The van der Waals surface area contributed by atoms with Crippen molar-refractivity contribution in [3.05, 3.63) is 105 Å². The molecule has 0 saturated carbocycles. The Hall–Kier alpha value is -2.37. The normalized spacial score (nSPS) is 18.0. The van der Waals surface area contributed by atoms with Crippen molar-refractivity contribution in [1.82, 2.24) is 5.32 Å². The molecule has 2 unspecified atom stereocenters. The van der Waals surface area contributed by atoms with Crippen LogP contribution in [0.5, 0.6) is 0 Å². The molecular weight excluding hydrogens is 431 g/mol. The lowest BCUT2D eigenvalue weighted by Crippen LogP contribution is -2.25. The van der Waals surface area contributed by atoms with E-state index < -0.39 is 0 Å². The summed E-state index contributed by atoms with van der Waals surface area (Å²) >= 11 is 12.2. The van der Waals surface area contributed by atoms with Crippen LogP contribution in [0.2, 0.25) is 10.0 Å². The molecule has 0 aromatic heterocycles. The molecule has 4 rings (SSSR count). The van der Waals surface area contributed by atoms with Crippen molar-refractivity contribution in [2.75, 3.05) is 14.2 Å². The molecule has 4 nitrogen and oxygen atoms in total. The van der Waals surface area contributed by atoms with Crippen molar-refractivity contribution in [3.8, 4) is 0 Å². The Balaban J connectivity index is 1.75. The van der Waals surface area contributed by atoms with Gasteiger partial charge in [0.05, 0.1) is 19.3 Å². The van der Waals surface area contributed by atoms with Crippen molar-refractivity contribution in [2.45, 2.75) is 25.3 Å². The van der Waals surface area contributed by atoms with Gasteiger partial charge in [-0.1, -0.05) is 53.5 Å². The first-order valence-corrected chi connectivity index (χ1v) is 10.8. The molecule has 1 aliphatic rings. The number of hydrogen-bond donors (Lipinski definition) is 1. The average molecular weight is 455 g/mol. The number of aliphatic imine (C=N–C) groups is 1. The highest BCUT2D eigenvalue weighted by molar-refractivity contribution is 6.30. The summed E-state index contributed by atoms with van der Waals surface area (Å²) in [6, 6.07) is 22.0. The van der Waals surface area contributed by atoms with Crippen LogP contribution in [-0.4, -0.2) is 20.1 Å². The SMILES string of the molecule is COCc1cc(COC)cc(C2=NC(c3ccc(Cl)cc3)C(c3ccc(Cl)cc3)N2)c1. The molecular formula is C25H24Cl2N2O2. The van der Waals surface area contributed by atoms with E-state index >= 15 is 0 Å². The van der Waals surface area contributed by atoms with E-state index in [2.05, 4.69) is 23.5 Å². The third-order valence-electron chi connectivity index (χ3n) is 5.26. The summed E-state index contributed by atoms with van der Waals surface area (Å²) in [5.41, 5.74) is 5.38. The first-order chi connectivity index (χ1) is 15.1. The van der Waals surface area contributed by atoms with E-state index in [0.29, 0.717) is 23.3 Å². The zero-order valence-electron chi connectivity index (χ0n) is 17.4. The van der Waals surface area contributed by atoms with Gasteiger partial charge >= 0.3 is 0 Å².